The zero-order valence-electron chi connectivity index (χ0n) is 11.9. The molecule has 1 heterocycles. The standard InChI is InChI=1S/C11H19N3O4S2/c1-5-12-10-8(14(15)16)6-9(19-10)20(17,18)13-7-11(2,3)4/h6,12-13H,5,7H2,1-4H3. The van der Waals surface area contributed by atoms with Crippen LogP contribution in [0.1, 0.15) is 27.7 Å². The van der Waals surface area contributed by atoms with Gasteiger partial charge in [-0.1, -0.05) is 32.1 Å². The molecule has 20 heavy (non-hydrogen) atoms. The summed E-state index contributed by atoms with van der Waals surface area (Å²) in [5.41, 5.74) is -0.422. The minimum Gasteiger partial charge on any atom is -0.372 e. The fourth-order valence-electron chi connectivity index (χ4n) is 1.30. The zero-order chi connectivity index (χ0) is 15.6. The largest absolute Gasteiger partial charge is 0.372 e. The SMILES string of the molecule is CCNc1sc(S(=O)(=O)NCC(C)(C)C)cc1[N+](=O)[O-]. The van der Waals surface area contributed by atoms with Crippen LogP contribution in [0.5, 0.6) is 0 Å². The Morgan fingerprint density at radius 3 is 2.45 bits per heavy atom. The highest BCUT2D eigenvalue weighted by atomic mass is 32.2. The van der Waals surface area contributed by atoms with Gasteiger partial charge < -0.3 is 5.32 Å². The molecule has 0 aliphatic heterocycles. The Morgan fingerprint density at radius 2 is 2.00 bits per heavy atom. The third-order valence-corrected chi connectivity index (χ3v) is 5.24. The first-order valence-electron chi connectivity index (χ1n) is 6.08. The van der Waals surface area contributed by atoms with E-state index in [9.17, 15) is 18.5 Å². The van der Waals surface area contributed by atoms with E-state index in [1.165, 1.54) is 0 Å². The van der Waals surface area contributed by atoms with Crippen LogP contribution < -0.4 is 10.0 Å². The molecule has 0 spiro atoms. The second-order valence-corrected chi connectivity index (χ2v) is 8.50. The second kappa shape index (κ2) is 6.06. The molecule has 0 aromatic carbocycles. The molecule has 1 aromatic rings. The van der Waals surface area contributed by atoms with Crippen molar-refractivity contribution in [1.29, 1.82) is 0 Å². The Balaban J connectivity index is 3.07. The van der Waals surface area contributed by atoms with E-state index in [4.69, 9.17) is 0 Å². The lowest BCUT2D eigenvalue weighted by molar-refractivity contribution is -0.383. The zero-order valence-corrected chi connectivity index (χ0v) is 13.5. The molecule has 9 heteroatoms. The first-order valence-corrected chi connectivity index (χ1v) is 8.38. The van der Waals surface area contributed by atoms with Crippen LogP contribution in [0.4, 0.5) is 10.7 Å². The monoisotopic (exact) mass is 321 g/mol. The van der Waals surface area contributed by atoms with Gasteiger partial charge in [0.05, 0.1) is 4.92 Å². The molecule has 0 unspecified atom stereocenters. The van der Waals surface area contributed by atoms with Gasteiger partial charge in [0.2, 0.25) is 10.0 Å². The lowest BCUT2D eigenvalue weighted by Crippen LogP contribution is -2.31. The molecule has 2 N–H and O–H groups in total. The summed E-state index contributed by atoms with van der Waals surface area (Å²) in [5, 5.41) is 14.0. The van der Waals surface area contributed by atoms with E-state index in [1.807, 2.05) is 20.8 Å². The van der Waals surface area contributed by atoms with Gasteiger partial charge in [0.1, 0.15) is 4.21 Å². The molecular weight excluding hydrogens is 302 g/mol. The molecule has 1 rings (SSSR count). The maximum Gasteiger partial charge on any atom is 0.304 e. The highest BCUT2D eigenvalue weighted by molar-refractivity contribution is 7.91. The van der Waals surface area contributed by atoms with Crippen molar-refractivity contribution in [3.63, 3.8) is 0 Å². The normalized spacial score (nSPS) is 12.4. The molecule has 0 bridgehead atoms. The van der Waals surface area contributed by atoms with Gasteiger partial charge in [0.25, 0.3) is 0 Å². The number of rotatable bonds is 6. The number of anilines is 1. The van der Waals surface area contributed by atoms with Crippen molar-refractivity contribution in [2.75, 3.05) is 18.4 Å². The molecule has 114 valence electrons. The number of nitro groups is 1. The van der Waals surface area contributed by atoms with Crippen LogP contribution in [0.3, 0.4) is 0 Å². The fourth-order valence-corrected chi connectivity index (χ4v) is 4.02. The van der Waals surface area contributed by atoms with Gasteiger partial charge in [-0.25, -0.2) is 13.1 Å². The molecule has 7 nitrogen and oxygen atoms in total. The number of nitrogens with one attached hydrogen (secondary N) is 2. The average Bonchev–Trinajstić information content (AvgIpc) is 2.71. The molecule has 1 aromatic heterocycles. The van der Waals surface area contributed by atoms with Crippen molar-refractivity contribution >= 4 is 32.0 Å². The summed E-state index contributed by atoms with van der Waals surface area (Å²) in [6.07, 6.45) is 0. The van der Waals surface area contributed by atoms with Gasteiger partial charge in [-0.15, -0.1) is 0 Å². The van der Waals surface area contributed by atoms with Crippen molar-refractivity contribution in [3.8, 4) is 0 Å². The average molecular weight is 321 g/mol. The van der Waals surface area contributed by atoms with Crippen LogP contribution in [0, 0.1) is 15.5 Å². The highest BCUT2D eigenvalue weighted by Gasteiger charge is 2.26. The molecule has 0 saturated carbocycles. The maximum atomic E-state index is 12.1. The molecule has 0 amide bonds. The van der Waals surface area contributed by atoms with E-state index in [-0.39, 0.29) is 26.9 Å². The highest BCUT2D eigenvalue weighted by Crippen LogP contribution is 2.36. The maximum absolute atomic E-state index is 12.1. The van der Waals surface area contributed by atoms with E-state index < -0.39 is 14.9 Å². The van der Waals surface area contributed by atoms with Crippen molar-refractivity contribution in [1.82, 2.24) is 4.72 Å². The van der Waals surface area contributed by atoms with E-state index in [0.29, 0.717) is 6.54 Å². The van der Waals surface area contributed by atoms with E-state index in [2.05, 4.69) is 10.0 Å². The summed E-state index contributed by atoms with van der Waals surface area (Å²) < 4.78 is 26.7. The van der Waals surface area contributed by atoms with Crippen molar-refractivity contribution in [2.45, 2.75) is 31.9 Å². The lowest BCUT2D eigenvalue weighted by atomic mass is 9.98. The minimum atomic E-state index is -3.72. The number of nitrogens with zero attached hydrogens (tertiary/aromatic N) is 1. The first kappa shape index (κ1) is 16.9. The number of hydrogen-bond donors (Lipinski definition) is 2. The molecule has 0 atom stereocenters. The topological polar surface area (TPSA) is 101 Å². The number of sulfonamides is 1. The van der Waals surface area contributed by atoms with Crippen LogP contribution in [0.15, 0.2) is 10.3 Å². The fraction of sp³-hybridized carbons (Fsp3) is 0.636. The van der Waals surface area contributed by atoms with Gasteiger partial charge in [-0.05, 0) is 12.3 Å². The van der Waals surface area contributed by atoms with E-state index in [0.717, 1.165) is 17.4 Å². The quantitative estimate of drug-likeness (QED) is 0.619. The molecule has 0 aliphatic carbocycles. The Hall–Kier alpha value is -1.19. The van der Waals surface area contributed by atoms with E-state index >= 15 is 0 Å². The Bertz CT molecular complexity index is 587. The van der Waals surface area contributed by atoms with Gasteiger partial charge >= 0.3 is 5.69 Å². The number of thiophene rings is 1. The predicted molar refractivity (Wildman–Crippen MR) is 79.8 cm³/mol. The predicted octanol–water partition coefficient (Wildman–Crippen LogP) is 2.41. The summed E-state index contributed by atoms with van der Waals surface area (Å²) >= 11 is 0.867. The summed E-state index contributed by atoms with van der Waals surface area (Å²) in [7, 11) is -3.72. The summed E-state index contributed by atoms with van der Waals surface area (Å²) in [6, 6.07) is 1.09. The first-order chi connectivity index (χ1) is 9.07. The van der Waals surface area contributed by atoms with Gasteiger partial charge in [-0.3, -0.25) is 10.1 Å². The van der Waals surface area contributed by atoms with Crippen LogP contribution in [0.25, 0.3) is 0 Å². The third-order valence-electron chi connectivity index (χ3n) is 2.28. The Labute approximate surface area is 122 Å². The Morgan fingerprint density at radius 1 is 1.40 bits per heavy atom. The van der Waals surface area contributed by atoms with E-state index in [1.54, 1.807) is 6.92 Å². The smallest absolute Gasteiger partial charge is 0.304 e. The van der Waals surface area contributed by atoms with Gasteiger partial charge in [0, 0.05) is 19.2 Å². The summed E-state index contributed by atoms with van der Waals surface area (Å²) in [6.45, 7) is 8.23. The molecule has 0 saturated heterocycles. The van der Waals surface area contributed by atoms with Crippen molar-refractivity contribution < 1.29 is 13.3 Å². The number of hydrogen-bond acceptors (Lipinski definition) is 6. The molecule has 0 aliphatic rings. The van der Waals surface area contributed by atoms with Crippen LogP contribution in [-0.4, -0.2) is 26.4 Å². The van der Waals surface area contributed by atoms with Gasteiger partial charge in [-0.2, -0.15) is 0 Å². The van der Waals surface area contributed by atoms with Gasteiger partial charge in [0.15, 0.2) is 5.00 Å². The van der Waals surface area contributed by atoms with Crippen molar-refractivity contribution in [2.24, 2.45) is 5.41 Å². The second-order valence-electron chi connectivity index (χ2n) is 5.45. The van der Waals surface area contributed by atoms with Crippen molar-refractivity contribution in [3.05, 3.63) is 16.2 Å². The van der Waals surface area contributed by atoms with Crippen LogP contribution >= 0.6 is 11.3 Å². The Kier molecular flexibility index (Phi) is 5.11. The lowest BCUT2D eigenvalue weighted by Gasteiger charge is -2.18. The van der Waals surface area contributed by atoms with Crippen LogP contribution in [-0.2, 0) is 10.0 Å². The molecule has 0 fully saturated rings. The summed E-state index contributed by atoms with van der Waals surface area (Å²) in [5.74, 6) is 0. The molecular formula is C11H19N3O4S2. The third kappa shape index (κ3) is 4.43. The van der Waals surface area contributed by atoms with Crippen LogP contribution in [0.2, 0.25) is 0 Å². The minimum absolute atomic E-state index is 0.0515. The molecule has 0 radical (unpaired) electrons. The summed E-state index contributed by atoms with van der Waals surface area (Å²) in [4.78, 5) is 10.3.